The third kappa shape index (κ3) is 2.10. The summed E-state index contributed by atoms with van der Waals surface area (Å²) in [5, 5.41) is 11.4. The highest BCUT2D eigenvalue weighted by Crippen LogP contribution is 2.26. The zero-order valence-electron chi connectivity index (χ0n) is 7.80. The van der Waals surface area contributed by atoms with Crippen LogP contribution in [0.2, 0.25) is 5.28 Å². The highest BCUT2D eigenvalue weighted by atomic mass is 35.5. The second-order valence-corrected chi connectivity index (χ2v) is 3.73. The van der Waals surface area contributed by atoms with Gasteiger partial charge in [-0.2, -0.15) is 14.4 Å². The lowest BCUT2D eigenvalue weighted by Crippen LogP contribution is -2.28. The van der Waals surface area contributed by atoms with E-state index in [9.17, 15) is 4.39 Å². The predicted octanol–water partition coefficient (Wildman–Crippen LogP) is 2.03. The van der Waals surface area contributed by atoms with E-state index in [1.54, 1.807) is 5.48 Å². The molecule has 82 valence electrons. The molecular formula is C8H10ClFN4O. The summed E-state index contributed by atoms with van der Waals surface area (Å²) in [6.45, 7) is 0. The summed E-state index contributed by atoms with van der Waals surface area (Å²) in [5.41, 5.74) is 1.64. The third-order valence-corrected chi connectivity index (χ3v) is 2.54. The summed E-state index contributed by atoms with van der Waals surface area (Å²) in [5.74, 6) is -1.03. The van der Waals surface area contributed by atoms with Crippen molar-refractivity contribution in [3.8, 4) is 0 Å². The highest BCUT2D eigenvalue weighted by Gasteiger charge is 2.21. The lowest BCUT2D eigenvalue weighted by molar-refractivity contribution is 0.379. The molecule has 1 aliphatic rings. The maximum Gasteiger partial charge on any atom is 0.226 e. The van der Waals surface area contributed by atoms with E-state index in [2.05, 4.69) is 15.3 Å². The first-order valence-electron chi connectivity index (χ1n) is 4.60. The average Bonchev–Trinajstić information content (AvgIpc) is 2.16. The molecule has 0 spiro atoms. The molecule has 15 heavy (non-hydrogen) atoms. The summed E-state index contributed by atoms with van der Waals surface area (Å²) in [4.78, 5) is 7.20. The van der Waals surface area contributed by atoms with Gasteiger partial charge in [0, 0.05) is 6.04 Å². The van der Waals surface area contributed by atoms with Gasteiger partial charge in [0.2, 0.25) is 11.1 Å². The van der Waals surface area contributed by atoms with Crippen LogP contribution in [0.3, 0.4) is 0 Å². The number of anilines is 2. The molecular weight excluding hydrogens is 223 g/mol. The fourth-order valence-corrected chi connectivity index (χ4v) is 1.50. The Morgan fingerprint density at radius 3 is 2.53 bits per heavy atom. The third-order valence-electron chi connectivity index (χ3n) is 2.38. The molecule has 0 radical (unpaired) electrons. The Bertz CT molecular complexity index is 372. The molecule has 5 nitrogen and oxygen atoms in total. The van der Waals surface area contributed by atoms with Crippen molar-refractivity contribution in [2.24, 2.45) is 0 Å². The highest BCUT2D eigenvalue weighted by molar-refractivity contribution is 6.28. The van der Waals surface area contributed by atoms with E-state index in [4.69, 9.17) is 16.8 Å². The zero-order valence-corrected chi connectivity index (χ0v) is 8.55. The molecule has 1 aromatic heterocycles. The molecule has 0 bridgehead atoms. The standard InChI is InChI=1S/C8H10ClFN4O/c9-8-12-6(11-4-2-1-3-4)5(10)7(13-8)14-15/h4,15H,1-3H2,(H2,11,12,13,14). The summed E-state index contributed by atoms with van der Waals surface area (Å²) >= 11 is 5.57. The molecule has 0 saturated heterocycles. The Hall–Kier alpha value is -1.14. The Kier molecular flexibility index (Phi) is 2.88. The first-order chi connectivity index (χ1) is 7.20. The number of hydrogen-bond donors (Lipinski definition) is 3. The lowest BCUT2D eigenvalue weighted by atomic mass is 9.93. The monoisotopic (exact) mass is 232 g/mol. The number of halogens is 2. The number of aromatic nitrogens is 2. The van der Waals surface area contributed by atoms with Gasteiger partial charge in [0.25, 0.3) is 0 Å². The van der Waals surface area contributed by atoms with Crippen molar-refractivity contribution >= 4 is 23.2 Å². The molecule has 3 N–H and O–H groups in total. The maximum atomic E-state index is 13.5. The van der Waals surface area contributed by atoms with Crippen LogP contribution in [0.15, 0.2) is 0 Å². The van der Waals surface area contributed by atoms with Crippen molar-refractivity contribution < 1.29 is 9.60 Å². The molecule has 7 heteroatoms. The van der Waals surface area contributed by atoms with E-state index < -0.39 is 5.82 Å². The smallest absolute Gasteiger partial charge is 0.226 e. The molecule has 0 aromatic carbocycles. The second kappa shape index (κ2) is 4.16. The minimum Gasteiger partial charge on any atom is -0.365 e. The fourth-order valence-electron chi connectivity index (χ4n) is 1.34. The van der Waals surface area contributed by atoms with Gasteiger partial charge in [-0.05, 0) is 30.9 Å². The molecule has 0 atom stereocenters. The minimum atomic E-state index is -0.728. The van der Waals surface area contributed by atoms with Crippen LogP contribution in [-0.4, -0.2) is 21.2 Å². The van der Waals surface area contributed by atoms with E-state index in [-0.39, 0.29) is 23.0 Å². The van der Waals surface area contributed by atoms with Crippen LogP contribution in [0.5, 0.6) is 0 Å². The van der Waals surface area contributed by atoms with Crippen LogP contribution < -0.4 is 10.8 Å². The second-order valence-electron chi connectivity index (χ2n) is 3.39. The summed E-state index contributed by atoms with van der Waals surface area (Å²) in [7, 11) is 0. The Morgan fingerprint density at radius 2 is 2.00 bits per heavy atom. The van der Waals surface area contributed by atoms with Gasteiger partial charge < -0.3 is 5.32 Å². The fraction of sp³-hybridized carbons (Fsp3) is 0.500. The van der Waals surface area contributed by atoms with Crippen LogP contribution in [0.1, 0.15) is 19.3 Å². The van der Waals surface area contributed by atoms with Crippen LogP contribution >= 0.6 is 11.6 Å². The van der Waals surface area contributed by atoms with E-state index in [0.29, 0.717) is 0 Å². The summed E-state index contributed by atoms with van der Waals surface area (Å²) in [6.07, 6.45) is 3.11. The van der Waals surface area contributed by atoms with Gasteiger partial charge in [0.1, 0.15) is 0 Å². The van der Waals surface area contributed by atoms with E-state index >= 15 is 0 Å². The minimum absolute atomic E-state index is 0.0243. The van der Waals surface area contributed by atoms with Crippen molar-refractivity contribution in [3.63, 3.8) is 0 Å². The van der Waals surface area contributed by atoms with Gasteiger partial charge in [-0.1, -0.05) is 0 Å². The Balaban J connectivity index is 2.24. The van der Waals surface area contributed by atoms with Gasteiger partial charge >= 0.3 is 0 Å². The van der Waals surface area contributed by atoms with Crippen LogP contribution in [-0.2, 0) is 0 Å². The Morgan fingerprint density at radius 1 is 1.33 bits per heavy atom. The summed E-state index contributed by atoms with van der Waals surface area (Å²) in [6, 6.07) is 0.233. The molecule has 1 saturated carbocycles. The first-order valence-corrected chi connectivity index (χ1v) is 4.98. The van der Waals surface area contributed by atoms with Crippen molar-refractivity contribution in [2.75, 3.05) is 10.8 Å². The number of nitrogens with zero attached hydrogens (tertiary/aromatic N) is 2. The number of nitrogens with one attached hydrogen (secondary N) is 2. The van der Waals surface area contributed by atoms with Crippen molar-refractivity contribution in [1.29, 1.82) is 0 Å². The zero-order chi connectivity index (χ0) is 10.8. The Labute approximate surface area is 90.6 Å². The van der Waals surface area contributed by atoms with Crippen LogP contribution in [0.25, 0.3) is 0 Å². The SMILES string of the molecule is ONc1nc(Cl)nc(NC2CCC2)c1F. The van der Waals surface area contributed by atoms with E-state index in [1.807, 2.05) is 0 Å². The molecule has 0 unspecified atom stereocenters. The van der Waals surface area contributed by atoms with E-state index in [1.165, 1.54) is 0 Å². The van der Waals surface area contributed by atoms with E-state index in [0.717, 1.165) is 19.3 Å². The van der Waals surface area contributed by atoms with Crippen molar-refractivity contribution in [1.82, 2.24) is 9.97 Å². The number of rotatable bonds is 3. The lowest BCUT2D eigenvalue weighted by Gasteiger charge is -2.27. The predicted molar refractivity (Wildman–Crippen MR) is 53.7 cm³/mol. The molecule has 1 aromatic rings. The molecule has 0 aliphatic heterocycles. The van der Waals surface area contributed by atoms with Gasteiger partial charge in [0.15, 0.2) is 11.6 Å². The first kappa shape index (κ1) is 10.4. The molecule has 0 amide bonds. The molecule has 1 fully saturated rings. The van der Waals surface area contributed by atoms with Crippen LogP contribution in [0.4, 0.5) is 16.0 Å². The molecule has 1 heterocycles. The van der Waals surface area contributed by atoms with Gasteiger partial charge in [-0.25, -0.2) is 5.48 Å². The largest absolute Gasteiger partial charge is 0.365 e. The quantitative estimate of drug-likeness (QED) is 0.550. The molecule has 1 aliphatic carbocycles. The van der Waals surface area contributed by atoms with Gasteiger partial charge in [-0.15, -0.1) is 0 Å². The van der Waals surface area contributed by atoms with Crippen LogP contribution in [0, 0.1) is 5.82 Å². The topological polar surface area (TPSA) is 70.1 Å². The van der Waals surface area contributed by atoms with Gasteiger partial charge in [-0.3, -0.25) is 5.21 Å². The number of hydrogen-bond acceptors (Lipinski definition) is 5. The van der Waals surface area contributed by atoms with Crippen molar-refractivity contribution in [3.05, 3.63) is 11.1 Å². The van der Waals surface area contributed by atoms with Crippen molar-refractivity contribution in [2.45, 2.75) is 25.3 Å². The average molecular weight is 233 g/mol. The maximum absolute atomic E-state index is 13.5. The summed E-state index contributed by atoms with van der Waals surface area (Å²) < 4.78 is 13.5. The normalized spacial score (nSPS) is 15.9. The van der Waals surface area contributed by atoms with Gasteiger partial charge in [0.05, 0.1) is 0 Å². The molecule has 2 rings (SSSR count).